The summed E-state index contributed by atoms with van der Waals surface area (Å²) in [6, 6.07) is 9.59. The van der Waals surface area contributed by atoms with Gasteiger partial charge >= 0.3 is 0 Å². The number of likely N-dealkylation sites (N-methyl/N-ethyl adjacent to an activating group) is 2. The SMILES string of the molecule is CN=C(NCC1CN(C)CCN1C)N(C)Cc1ccc(N2CCCCC2)cc1.I. The van der Waals surface area contributed by atoms with E-state index in [1.165, 1.54) is 43.6 Å². The van der Waals surface area contributed by atoms with Gasteiger partial charge in [0.1, 0.15) is 0 Å². The van der Waals surface area contributed by atoms with E-state index >= 15 is 0 Å². The van der Waals surface area contributed by atoms with E-state index in [0.717, 1.165) is 38.7 Å². The zero-order valence-corrected chi connectivity index (χ0v) is 20.9. The van der Waals surface area contributed by atoms with Gasteiger partial charge in [-0.3, -0.25) is 9.89 Å². The number of benzene rings is 1. The fraction of sp³-hybridized carbons (Fsp3) is 0.682. The van der Waals surface area contributed by atoms with Gasteiger partial charge in [0.25, 0.3) is 0 Å². The minimum Gasteiger partial charge on any atom is -0.372 e. The van der Waals surface area contributed by atoms with Crippen LogP contribution >= 0.6 is 24.0 Å². The van der Waals surface area contributed by atoms with Gasteiger partial charge in [0, 0.05) is 71.6 Å². The Morgan fingerprint density at radius 1 is 1.07 bits per heavy atom. The number of hydrogen-bond donors (Lipinski definition) is 1. The van der Waals surface area contributed by atoms with Crippen molar-refractivity contribution in [2.24, 2.45) is 4.99 Å². The fourth-order valence-corrected chi connectivity index (χ4v) is 4.23. The van der Waals surface area contributed by atoms with Gasteiger partial charge in [0.05, 0.1) is 0 Å². The molecule has 2 fully saturated rings. The molecule has 6 nitrogen and oxygen atoms in total. The second-order valence-electron chi connectivity index (χ2n) is 8.40. The highest BCUT2D eigenvalue weighted by atomic mass is 127. The highest BCUT2D eigenvalue weighted by Crippen LogP contribution is 2.20. The number of piperazine rings is 1. The number of halogens is 1. The van der Waals surface area contributed by atoms with Crippen molar-refractivity contribution in [2.75, 3.05) is 72.4 Å². The first kappa shape index (κ1) is 24.2. The lowest BCUT2D eigenvalue weighted by Crippen LogP contribution is -2.55. The summed E-state index contributed by atoms with van der Waals surface area (Å²) in [5.74, 6) is 0.960. The first-order valence-electron chi connectivity index (χ1n) is 10.7. The average Bonchev–Trinajstić information content (AvgIpc) is 2.72. The Morgan fingerprint density at radius 3 is 2.41 bits per heavy atom. The number of piperidine rings is 1. The van der Waals surface area contributed by atoms with Crippen LogP contribution in [0.1, 0.15) is 24.8 Å². The molecule has 0 amide bonds. The monoisotopic (exact) mass is 514 g/mol. The second-order valence-corrected chi connectivity index (χ2v) is 8.40. The molecular formula is C22H39IN6. The Morgan fingerprint density at radius 2 is 1.76 bits per heavy atom. The predicted octanol–water partition coefficient (Wildman–Crippen LogP) is 2.55. The Labute approximate surface area is 194 Å². The van der Waals surface area contributed by atoms with E-state index in [1.807, 2.05) is 7.05 Å². The maximum absolute atomic E-state index is 4.49. The van der Waals surface area contributed by atoms with Crippen LogP contribution in [0.15, 0.2) is 29.3 Å². The number of rotatable bonds is 5. The van der Waals surface area contributed by atoms with Gasteiger partial charge in [-0.05, 0) is 51.1 Å². The maximum atomic E-state index is 4.49. The summed E-state index contributed by atoms with van der Waals surface area (Å²) in [4.78, 5) is 14.1. The van der Waals surface area contributed by atoms with Crippen LogP contribution in [-0.2, 0) is 6.54 Å². The molecule has 7 heteroatoms. The molecule has 0 aromatic heterocycles. The number of guanidine groups is 1. The molecular weight excluding hydrogens is 475 g/mol. The molecule has 29 heavy (non-hydrogen) atoms. The lowest BCUT2D eigenvalue weighted by molar-refractivity contribution is 0.116. The average molecular weight is 515 g/mol. The molecule has 0 aliphatic carbocycles. The molecule has 3 rings (SSSR count). The fourth-order valence-electron chi connectivity index (χ4n) is 4.23. The standard InChI is InChI=1S/C22H38N6.HI/c1-23-22(24-16-21-18-25(2)14-15-26(21)3)27(4)17-19-8-10-20(11-9-19)28-12-6-5-7-13-28;/h8-11,21H,5-7,12-18H2,1-4H3,(H,23,24);1H. The number of aliphatic imine (C=N–C) groups is 1. The van der Waals surface area contributed by atoms with Crippen LogP contribution in [0.25, 0.3) is 0 Å². The van der Waals surface area contributed by atoms with Gasteiger partial charge in [-0.15, -0.1) is 24.0 Å². The molecule has 1 N–H and O–H groups in total. The van der Waals surface area contributed by atoms with Gasteiger partial charge < -0.3 is 20.0 Å². The summed E-state index contributed by atoms with van der Waals surface area (Å²) in [5.41, 5.74) is 2.68. The highest BCUT2D eigenvalue weighted by Gasteiger charge is 2.22. The minimum atomic E-state index is 0. The third-order valence-electron chi connectivity index (χ3n) is 6.13. The molecule has 164 valence electrons. The van der Waals surface area contributed by atoms with Crippen LogP contribution in [0.2, 0.25) is 0 Å². The molecule has 1 aromatic carbocycles. The Bertz CT molecular complexity index is 629. The minimum absolute atomic E-state index is 0. The first-order chi connectivity index (χ1) is 13.6. The second kappa shape index (κ2) is 12.0. The third-order valence-corrected chi connectivity index (χ3v) is 6.13. The molecule has 0 radical (unpaired) electrons. The topological polar surface area (TPSA) is 37.4 Å². The van der Waals surface area contributed by atoms with Gasteiger partial charge in [0.2, 0.25) is 0 Å². The number of anilines is 1. The van der Waals surface area contributed by atoms with E-state index in [0.29, 0.717) is 6.04 Å². The number of nitrogens with one attached hydrogen (secondary N) is 1. The van der Waals surface area contributed by atoms with Crippen LogP contribution < -0.4 is 10.2 Å². The smallest absolute Gasteiger partial charge is 0.193 e. The summed E-state index contributed by atoms with van der Waals surface area (Å²) in [6.07, 6.45) is 4.01. The van der Waals surface area contributed by atoms with E-state index in [1.54, 1.807) is 0 Å². The molecule has 1 unspecified atom stereocenters. The van der Waals surface area contributed by atoms with Crippen molar-refractivity contribution in [1.82, 2.24) is 20.0 Å². The van der Waals surface area contributed by atoms with Crippen molar-refractivity contribution in [3.8, 4) is 0 Å². The van der Waals surface area contributed by atoms with E-state index in [4.69, 9.17) is 0 Å². The van der Waals surface area contributed by atoms with E-state index in [9.17, 15) is 0 Å². The summed E-state index contributed by atoms with van der Waals surface area (Å²) < 4.78 is 0. The van der Waals surface area contributed by atoms with Crippen molar-refractivity contribution in [3.05, 3.63) is 29.8 Å². The van der Waals surface area contributed by atoms with E-state index in [2.05, 4.69) is 75.3 Å². The first-order valence-corrected chi connectivity index (χ1v) is 10.7. The van der Waals surface area contributed by atoms with Crippen LogP contribution in [0.3, 0.4) is 0 Å². The Hall–Kier alpha value is -1.06. The highest BCUT2D eigenvalue weighted by molar-refractivity contribution is 14.0. The Kier molecular flexibility index (Phi) is 9.98. The quantitative estimate of drug-likeness (QED) is 0.372. The molecule has 0 saturated carbocycles. The zero-order chi connectivity index (χ0) is 19.9. The summed E-state index contributed by atoms with van der Waals surface area (Å²) >= 11 is 0. The van der Waals surface area contributed by atoms with Crippen molar-refractivity contribution >= 4 is 35.6 Å². The number of nitrogens with zero attached hydrogens (tertiary/aromatic N) is 5. The van der Waals surface area contributed by atoms with Gasteiger partial charge in [-0.25, -0.2) is 0 Å². The van der Waals surface area contributed by atoms with Crippen LogP contribution in [0, 0.1) is 0 Å². The normalized spacial score (nSPS) is 21.6. The molecule has 2 heterocycles. The molecule has 2 aliphatic heterocycles. The van der Waals surface area contributed by atoms with Gasteiger partial charge in [-0.1, -0.05) is 12.1 Å². The third kappa shape index (κ3) is 7.00. The Balaban J connectivity index is 0.00000300. The molecule has 0 bridgehead atoms. The molecule has 1 atom stereocenters. The maximum Gasteiger partial charge on any atom is 0.193 e. The summed E-state index contributed by atoms with van der Waals surface area (Å²) in [7, 11) is 8.41. The zero-order valence-electron chi connectivity index (χ0n) is 18.6. The van der Waals surface area contributed by atoms with Crippen molar-refractivity contribution in [3.63, 3.8) is 0 Å². The summed E-state index contributed by atoms with van der Waals surface area (Å²) in [6.45, 7) is 7.55. The van der Waals surface area contributed by atoms with Gasteiger partial charge in [0.15, 0.2) is 5.96 Å². The van der Waals surface area contributed by atoms with Crippen molar-refractivity contribution < 1.29 is 0 Å². The van der Waals surface area contributed by atoms with Gasteiger partial charge in [-0.2, -0.15) is 0 Å². The van der Waals surface area contributed by atoms with E-state index in [-0.39, 0.29) is 24.0 Å². The van der Waals surface area contributed by atoms with Crippen LogP contribution in [-0.4, -0.2) is 94.2 Å². The molecule has 2 saturated heterocycles. The van der Waals surface area contributed by atoms with Crippen LogP contribution in [0.4, 0.5) is 5.69 Å². The largest absolute Gasteiger partial charge is 0.372 e. The lowest BCUT2D eigenvalue weighted by Gasteiger charge is -2.38. The van der Waals surface area contributed by atoms with Crippen molar-refractivity contribution in [2.45, 2.75) is 31.8 Å². The van der Waals surface area contributed by atoms with E-state index < -0.39 is 0 Å². The molecule has 2 aliphatic rings. The summed E-state index contributed by atoms with van der Waals surface area (Å²) in [5, 5.41) is 3.57. The molecule has 0 spiro atoms. The van der Waals surface area contributed by atoms with Crippen LogP contribution in [0.5, 0.6) is 0 Å². The molecule has 1 aromatic rings. The lowest BCUT2D eigenvalue weighted by atomic mass is 10.1. The van der Waals surface area contributed by atoms with Crippen molar-refractivity contribution in [1.29, 1.82) is 0 Å². The number of hydrogen-bond acceptors (Lipinski definition) is 4. The predicted molar refractivity (Wildman–Crippen MR) is 135 cm³/mol.